The van der Waals surface area contributed by atoms with Gasteiger partial charge in [-0.25, -0.2) is 0 Å². The van der Waals surface area contributed by atoms with Crippen molar-refractivity contribution in [3.63, 3.8) is 0 Å². The van der Waals surface area contributed by atoms with Crippen molar-refractivity contribution in [3.05, 3.63) is 18.0 Å². The second-order valence-electron chi connectivity index (χ2n) is 3.99. The van der Waals surface area contributed by atoms with Crippen molar-refractivity contribution in [2.24, 2.45) is 0 Å². The second-order valence-corrected chi connectivity index (χ2v) is 3.99. The SMILES string of the molecule is COc1cnc(C)cc1NCCC(=O)N(C)C. The van der Waals surface area contributed by atoms with E-state index in [1.165, 1.54) is 0 Å². The topological polar surface area (TPSA) is 54.5 Å². The molecule has 0 spiro atoms. The third kappa shape index (κ3) is 3.94. The van der Waals surface area contributed by atoms with Crippen LogP contribution in [0.25, 0.3) is 0 Å². The van der Waals surface area contributed by atoms with E-state index in [1.807, 2.05) is 13.0 Å². The maximum atomic E-state index is 11.4. The number of hydrogen-bond donors (Lipinski definition) is 1. The van der Waals surface area contributed by atoms with Crippen molar-refractivity contribution < 1.29 is 9.53 Å². The van der Waals surface area contributed by atoms with Crippen LogP contribution in [-0.2, 0) is 4.79 Å². The molecule has 94 valence electrons. The molecule has 0 atom stereocenters. The molecule has 0 aromatic carbocycles. The van der Waals surface area contributed by atoms with E-state index in [2.05, 4.69) is 10.3 Å². The van der Waals surface area contributed by atoms with Crippen LogP contribution in [0.2, 0.25) is 0 Å². The quantitative estimate of drug-likeness (QED) is 0.838. The van der Waals surface area contributed by atoms with E-state index >= 15 is 0 Å². The van der Waals surface area contributed by atoms with Gasteiger partial charge in [-0.3, -0.25) is 9.78 Å². The van der Waals surface area contributed by atoms with Crippen molar-refractivity contribution in [2.75, 3.05) is 33.1 Å². The smallest absolute Gasteiger partial charge is 0.223 e. The summed E-state index contributed by atoms with van der Waals surface area (Å²) in [6, 6.07) is 1.90. The Morgan fingerprint density at radius 1 is 1.53 bits per heavy atom. The van der Waals surface area contributed by atoms with Crippen molar-refractivity contribution in [1.82, 2.24) is 9.88 Å². The zero-order chi connectivity index (χ0) is 12.8. The minimum Gasteiger partial charge on any atom is -0.493 e. The molecule has 1 aromatic heterocycles. The predicted octanol–water partition coefficient (Wildman–Crippen LogP) is 1.29. The first kappa shape index (κ1) is 13.3. The molecule has 1 rings (SSSR count). The number of amides is 1. The van der Waals surface area contributed by atoms with Gasteiger partial charge in [0.1, 0.15) is 0 Å². The largest absolute Gasteiger partial charge is 0.493 e. The molecule has 0 saturated carbocycles. The molecule has 0 bridgehead atoms. The number of carbonyl (C=O) groups excluding carboxylic acids is 1. The molecule has 1 N–H and O–H groups in total. The van der Waals surface area contributed by atoms with Gasteiger partial charge >= 0.3 is 0 Å². The molecule has 0 aliphatic carbocycles. The Hall–Kier alpha value is -1.78. The fraction of sp³-hybridized carbons (Fsp3) is 0.500. The molecular weight excluding hydrogens is 218 g/mol. The zero-order valence-electron chi connectivity index (χ0n) is 10.8. The number of nitrogens with one attached hydrogen (secondary N) is 1. The fourth-order valence-corrected chi connectivity index (χ4v) is 1.38. The Morgan fingerprint density at radius 2 is 2.24 bits per heavy atom. The van der Waals surface area contributed by atoms with E-state index in [0.717, 1.165) is 11.4 Å². The van der Waals surface area contributed by atoms with Crippen molar-refractivity contribution in [2.45, 2.75) is 13.3 Å². The second kappa shape index (κ2) is 6.08. The summed E-state index contributed by atoms with van der Waals surface area (Å²) in [5.74, 6) is 0.787. The van der Waals surface area contributed by atoms with Crippen LogP contribution >= 0.6 is 0 Å². The van der Waals surface area contributed by atoms with Crippen LogP contribution in [0.4, 0.5) is 5.69 Å². The summed E-state index contributed by atoms with van der Waals surface area (Å²) in [6.07, 6.45) is 2.13. The number of anilines is 1. The van der Waals surface area contributed by atoms with Gasteiger partial charge in [0, 0.05) is 32.8 Å². The number of aromatic nitrogens is 1. The third-order valence-corrected chi connectivity index (χ3v) is 2.38. The number of nitrogens with zero attached hydrogens (tertiary/aromatic N) is 2. The van der Waals surface area contributed by atoms with Crippen LogP contribution in [-0.4, -0.2) is 43.5 Å². The van der Waals surface area contributed by atoms with Crippen LogP contribution in [0, 0.1) is 6.92 Å². The highest BCUT2D eigenvalue weighted by Crippen LogP contribution is 2.23. The van der Waals surface area contributed by atoms with Crippen molar-refractivity contribution in [1.29, 1.82) is 0 Å². The molecule has 17 heavy (non-hydrogen) atoms. The highest BCUT2D eigenvalue weighted by molar-refractivity contribution is 5.76. The highest BCUT2D eigenvalue weighted by atomic mass is 16.5. The van der Waals surface area contributed by atoms with Gasteiger partial charge in [-0.05, 0) is 13.0 Å². The van der Waals surface area contributed by atoms with Gasteiger partial charge < -0.3 is 15.0 Å². The molecule has 1 aromatic rings. The summed E-state index contributed by atoms with van der Waals surface area (Å²) in [5.41, 5.74) is 1.78. The molecule has 0 fully saturated rings. The normalized spacial score (nSPS) is 9.88. The highest BCUT2D eigenvalue weighted by Gasteiger charge is 2.06. The lowest BCUT2D eigenvalue weighted by Gasteiger charge is -2.13. The van der Waals surface area contributed by atoms with Crippen LogP contribution in [0.1, 0.15) is 12.1 Å². The molecule has 1 amide bonds. The van der Waals surface area contributed by atoms with Gasteiger partial charge in [-0.2, -0.15) is 0 Å². The molecule has 0 aliphatic rings. The van der Waals surface area contributed by atoms with Crippen LogP contribution in [0.3, 0.4) is 0 Å². The number of hydrogen-bond acceptors (Lipinski definition) is 4. The van der Waals surface area contributed by atoms with Crippen LogP contribution < -0.4 is 10.1 Å². The van der Waals surface area contributed by atoms with E-state index in [9.17, 15) is 4.79 Å². The van der Waals surface area contributed by atoms with Gasteiger partial charge in [0.25, 0.3) is 0 Å². The van der Waals surface area contributed by atoms with E-state index < -0.39 is 0 Å². The van der Waals surface area contributed by atoms with Gasteiger partial charge in [0.2, 0.25) is 5.91 Å². The van der Waals surface area contributed by atoms with Crippen molar-refractivity contribution >= 4 is 11.6 Å². The molecule has 5 nitrogen and oxygen atoms in total. The van der Waals surface area contributed by atoms with E-state index in [0.29, 0.717) is 18.7 Å². The fourth-order valence-electron chi connectivity index (χ4n) is 1.38. The Bertz CT molecular complexity index is 391. The molecule has 1 heterocycles. The van der Waals surface area contributed by atoms with Crippen LogP contribution in [0.15, 0.2) is 12.3 Å². The Balaban J connectivity index is 2.56. The van der Waals surface area contributed by atoms with Gasteiger partial charge in [0.15, 0.2) is 5.75 Å². The monoisotopic (exact) mass is 237 g/mol. The lowest BCUT2D eigenvalue weighted by molar-refractivity contribution is -0.128. The first-order valence-corrected chi connectivity index (χ1v) is 5.49. The number of methoxy groups -OCH3 is 1. The summed E-state index contributed by atoms with van der Waals surface area (Å²) < 4.78 is 5.18. The van der Waals surface area contributed by atoms with Gasteiger partial charge in [-0.15, -0.1) is 0 Å². The summed E-state index contributed by atoms with van der Waals surface area (Å²) in [5, 5.41) is 3.18. The van der Waals surface area contributed by atoms with Crippen LogP contribution in [0.5, 0.6) is 5.75 Å². The number of pyridine rings is 1. The maximum absolute atomic E-state index is 11.4. The van der Waals surface area contributed by atoms with E-state index in [-0.39, 0.29) is 5.91 Å². The number of ether oxygens (including phenoxy) is 1. The Morgan fingerprint density at radius 3 is 2.82 bits per heavy atom. The van der Waals surface area contributed by atoms with Gasteiger partial charge in [-0.1, -0.05) is 0 Å². The Labute approximate surface area is 102 Å². The molecule has 0 unspecified atom stereocenters. The van der Waals surface area contributed by atoms with Crippen molar-refractivity contribution in [3.8, 4) is 5.75 Å². The minimum absolute atomic E-state index is 0.0993. The molecule has 0 saturated heterocycles. The first-order chi connectivity index (χ1) is 8.04. The summed E-state index contributed by atoms with van der Waals surface area (Å²) in [6.45, 7) is 2.49. The minimum atomic E-state index is 0.0993. The van der Waals surface area contributed by atoms with Gasteiger partial charge in [0.05, 0.1) is 19.0 Å². The Kier molecular flexibility index (Phi) is 4.75. The summed E-state index contributed by atoms with van der Waals surface area (Å²) in [7, 11) is 5.10. The standard InChI is InChI=1S/C12H19N3O2/c1-9-7-10(11(17-4)8-14-9)13-6-5-12(16)15(2)3/h7-8H,5-6H2,1-4H3,(H,13,14). The molecule has 5 heteroatoms. The molecule has 0 radical (unpaired) electrons. The third-order valence-electron chi connectivity index (χ3n) is 2.38. The summed E-state index contributed by atoms with van der Waals surface area (Å²) in [4.78, 5) is 17.1. The van der Waals surface area contributed by atoms with E-state index in [1.54, 1.807) is 32.3 Å². The van der Waals surface area contributed by atoms with E-state index in [4.69, 9.17) is 4.74 Å². The molecule has 0 aliphatic heterocycles. The average molecular weight is 237 g/mol. The average Bonchev–Trinajstić information content (AvgIpc) is 2.29. The lowest BCUT2D eigenvalue weighted by Crippen LogP contribution is -2.24. The zero-order valence-corrected chi connectivity index (χ0v) is 10.8. The number of aryl methyl sites for hydroxylation is 1. The lowest BCUT2D eigenvalue weighted by atomic mass is 10.3. The first-order valence-electron chi connectivity index (χ1n) is 5.49. The number of carbonyl (C=O) groups is 1. The molecular formula is C12H19N3O2. The maximum Gasteiger partial charge on any atom is 0.223 e. The number of rotatable bonds is 5. The summed E-state index contributed by atoms with van der Waals surface area (Å²) >= 11 is 0. The predicted molar refractivity (Wildman–Crippen MR) is 67.3 cm³/mol.